The first-order valence-corrected chi connectivity index (χ1v) is 12.2. The molecule has 0 amide bonds. The number of nitrogens with zero attached hydrogens (tertiary/aromatic N) is 1. The highest BCUT2D eigenvalue weighted by Gasteiger charge is 2.54. The van der Waals surface area contributed by atoms with E-state index in [0.717, 1.165) is 16.7 Å². The second-order valence-corrected chi connectivity index (χ2v) is 11.1. The van der Waals surface area contributed by atoms with Crippen molar-refractivity contribution in [2.24, 2.45) is 0 Å². The molecule has 3 heterocycles. The lowest BCUT2D eigenvalue weighted by Gasteiger charge is -2.45. The molecular formula is C24H25NO6S. The molecule has 168 valence electrons. The van der Waals surface area contributed by atoms with Crippen LogP contribution in [0.3, 0.4) is 0 Å². The smallest absolute Gasteiger partial charge is 0.243 e. The number of benzene rings is 2. The number of sulfonamides is 1. The molecule has 6 rings (SSSR count). The first-order chi connectivity index (χ1) is 15.2. The molecule has 2 aromatic rings. The molecule has 1 fully saturated rings. The average Bonchev–Trinajstić information content (AvgIpc) is 3.33. The fraction of sp³-hybridized carbons (Fsp3) is 0.417. The van der Waals surface area contributed by atoms with Gasteiger partial charge in [0.15, 0.2) is 17.3 Å². The van der Waals surface area contributed by atoms with Crippen LogP contribution in [-0.4, -0.2) is 43.6 Å². The van der Waals surface area contributed by atoms with Crippen molar-refractivity contribution in [3.8, 4) is 11.5 Å². The van der Waals surface area contributed by atoms with Gasteiger partial charge in [-0.3, -0.25) is 0 Å². The molecule has 0 spiro atoms. The van der Waals surface area contributed by atoms with Crippen molar-refractivity contribution in [1.82, 2.24) is 4.31 Å². The fourth-order valence-corrected chi connectivity index (χ4v) is 6.85. The van der Waals surface area contributed by atoms with E-state index in [9.17, 15) is 8.42 Å². The third-order valence-corrected chi connectivity index (χ3v) is 8.51. The molecule has 32 heavy (non-hydrogen) atoms. The van der Waals surface area contributed by atoms with Crippen molar-refractivity contribution in [1.29, 1.82) is 0 Å². The van der Waals surface area contributed by atoms with Crippen molar-refractivity contribution in [3.63, 3.8) is 0 Å². The van der Waals surface area contributed by atoms with E-state index in [-0.39, 0.29) is 30.3 Å². The number of hydrogen-bond donors (Lipinski definition) is 0. The third-order valence-electron chi connectivity index (χ3n) is 6.66. The quantitative estimate of drug-likeness (QED) is 0.646. The van der Waals surface area contributed by atoms with Gasteiger partial charge in [0.2, 0.25) is 16.8 Å². The van der Waals surface area contributed by atoms with Gasteiger partial charge in [-0.1, -0.05) is 29.8 Å². The van der Waals surface area contributed by atoms with E-state index < -0.39 is 28.0 Å². The monoisotopic (exact) mass is 455 g/mol. The molecule has 8 heteroatoms. The van der Waals surface area contributed by atoms with E-state index in [1.165, 1.54) is 0 Å². The molecule has 7 nitrogen and oxygen atoms in total. The third kappa shape index (κ3) is 3.01. The maximum Gasteiger partial charge on any atom is 0.243 e. The van der Waals surface area contributed by atoms with Gasteiger partial charge in [-0.2, -0.15) is 4.31 Å². The molecule has 0 bridgehead atoms. The lowest BCUT2D eigenvalue weighted by molar-refractivity contribution is -0.147. The molecule has 3 aliphatic heterocycles. The van der Waals surface area contributed by atoms with Crippen LogP contribution in [0.15, 0.2) is 53.4 Å². The Labute approximate surface area is 187 Å². The van der Waals surface area contributed by atoms with Crippen molar-refractivity contribution < 1.29 is 27.4 Å². The Morgan fingerprint density at radius 1 is 1.00 bits per heavy atom. The van der Waals surface area contributed by atoms with Crippen LogP contribution < -0.4 is 9.47 Å². The molecule has 0 radical (unpaired) electrons. The lowest BCUT2D eigenvalue weighted by atomic mass is 9.77. The van der Waals surface area contributed by atoms with Gasteiger partial charge in [0.1, 0.15) is 12.2 Å². The second kappa shape index (κ2) is 6.81. The van der Waals surface area contributed by atoms with Crippen molar-refractivity contribution >= 4 is 10.0 Å². The summed E-state index contributed by atoms with van der Waals surface area (Å²) in [6, 6.07) is 10.4. The zero-order chi connectivity index (χ0) is 22.3. The highest BCUT2D eigenvalue weighted by molar-refractivity contribution is 7.89. The Balaban J connectivity index is 1.51. The van der Waals surface area contributed by atoms with Crippen molar-refractivity contribution in [2.45, 2.75) is 62.2 Å². The van der Waals surface area contributed by atoms with Crippen LogP contribution in [0, 0.1) is 6.92 Å². The summed E-state index contributed by atoms with van der Waals surface area (Å²) in [5, 5.41) is 0. The normalized spacial score (nSPS) is 30.0. The van der Waals surface area contributed by atoms with E-state index >= 15 is 0 Å². The zero-order valence-electron chi connectivity index (χ0n) is 18.1. The van der Waals surface area contributed by atoms with Crippen LogP contribution in [0.1, 0.15) is 36.5 Å². The number of fused-ring (bicyclic) bond motifs is 6. The molecule has 2 aromatic carbocycles. The van der Waals surface area contributed by atoms with Crippen molar-refractivity contribution in [3.05, 3.63) is 65.2 Å². The Morgan fingerprint density at radius 3 is 2.47 bits per heavy atom. The lowest BCUT2D eigenvalue weighted by Crippen LogP contribution is -2.56. The summed E-state index contributed by atoms with van der Waals surface area (Å²) >= 11 is 0. The van der Waals surface area contributed by atoms with Crippen LogP contribution in [0.25, 0.3) is 0 Å². The fourth-order valence-electron chi connectivity index (χ4n) is 5.22. The molecule has 0 unspecified atom stereocenters. The minimum Gasteiger partial charge on any atom is -0.454 e. The molecule has 1 saturated heterocycles. The highest BCUT2D eigenvalue weighted by Crippen LogP contribution is 2.49. The predicted octanol–water partition coefficient (Wildman–Crippen LogP) is 3.47. The topological polar surface area (TPSA) is 74.3 Å². The van der Waals surface area contributed by atoms with Gasteiger partial charge in [0, 0.05) is 12.5 Å². The van der Waals surface area contributed by atoms with Crippen LogP contribution in [0.4, 0.5) is 0 Å². The molecule has 0 N–H and O–H groups in total. The Hall–Kier alpha value is -2.39. The van der Waals surface area contributed by atoms with Gasteiger partial charge in [0.25, 0.3) is 0 Å². The molecule has 0 saturated carbocycles. The summed E-state index contributed by atoms with van der Waals surface area (Å²) in [7, 11) is -3.79. The van der Waals surface area contributed by atoms with E-state index in [0.29, 0.717) is 11.5 Å². The van der Waals surface area contributed by atoms with Crippen LogP contribution >= 0.6 is 0 Å². The Bertz CT molecular complexity index is 1220. The minimum atomic E-state index is -3.79. The summed E-state index contributed by atoms with van der Waals surface area (Å²) in [4.78, 5) is 0.273. The Morgan fingerprint density at radius 2 is 1.72 bits per heavy atom. The van der Waals surface area contributed by atoms with Crippen molar-refractivity contribution in [2.75, 3.05) is 6.79 Å². The molecular weight excluding hydrogens is 430 g/mol. The SMILES string of the molecule is Cc1ccc(S(=O)(=O)N2Cc3cc4c(cc3[C@@H]3C=C[C@H]5OC(C)(C)O[C@H]5[C@@H]32)OCO4)cc1. The van der Waals surface area contributed by atoms with Gasteiger partial charge < -0.3 is 18.9 Å². The first-order valence-electron chi connectivity index (χ1n) is 10.8. The summed E-state index contributed by atoms with van der Waals surface area (Å²) in [6.07, 6.45) is 3.32. The van der Waals surface area contributed by atoms with E-state index in [1.54, 1.807) is 16.4 Å². The van der Waals surface area contributed by atoms with Gasteiger partial charge in [0.05, 0.1) is 10.9 Å². The van der Waals surface area contributed by atoms with E-state index in [2.05, 4.69) is 6.08 Å². The maximum absolute atomic E-state index is 13.9. The van der Waals surface area contributed by atoms with Gasteiger partial charge in [-0.25, -0.2) is 8.42 Å². The zero-order valence-corrected chi connectivity index (χ0v) is 19.0. The predicted molar refractivity (Wildman–Crippen MR) is 116 cm³/mol. The van der Waals surface area contributed by atoms with Crippen LogP contribution in [0.5, 0.6) is 11.5 Å². The van der Waals surface area contributed by atoms with Gasteiger partial charge >= 0.3 is 0 Å². The largest absolute Gasteiger partial charge is 0.454 e. The van der Waals surface area contributed by atoms with E-state index in [1.807, 2.05) is 51.1 Å². The number of aryl methyl sites for hydroxylation is 1. The molecule has 1 aliphatic carbocycles. The Kier molecular flexibility index (Phi) is 4.30. The standard InChI is InChI=1S/C24H25NO6S/c1-14-4-6-16(7-5-14)32(26,27)25-12-15-10-20-21(29-13-28-20)11-18(15)17-8-9-19-23(22(17)25)31-24(2,3)30-19/h4-11,17,19,22-23H,12-13H2,1-3H3/t17-,19+,22+,23+/m0/s1. The number of ether oxygens (including phenoxy) is 4. The average molecular weight is 456 g/mol. The number of rotatable bonds is 2. The van der Waals surface area contributed by atoms with Gasteiger partial charge in [-0.05, 0) is 56.2 Å². The highest BCUT2D eigenvalue weighted by atomic mass is 32.2. The first kappa shape index (κ1) is 20.2. The second-order valence-electron chi connectivity index (χ2n) is 9.23. The summed E-state index contributed by atoms with van der Waals surface area (Å²) in [5.41, 5.74) is 2.96. The van der Waals surface area contributed by atoms with Crippen LogP contribution in [0.2, 0.25) is 0 Å². The number of hydrogen-bond acceptors (Lipinski definition) is 6. The molecule has 0 aromatic heterocycles. The van der Waals surface area contributed by atoms with Crippen LogP contribution in [-0.2, 0) is 26.0 Å². The molecule has 4 atom stereocenters. The summed E-state index contributed by atoms with van der Waals surface area (Å²) in [5.74, 6) is 0.362. The minimum absolute atomic E-state index is 0.170. The van der Waals surface area contributed by atoms with E-state index in [4.69, 9.17) is 18.9 Å². The van der Waals surface area contributed by atoms with Gasteiger partial charge in [-0.15, -0.1) is 0 Å². The summed E-state index contributed by atoms with van der Waals surface area (Å²) < 4.78 is 52.9. The maximum atomic E-state index is 13.9. The molecule has 4 aliphatic rings. The summed E-state index contributed by atoms with van der Waals surface area (Å²) in [6.45, 7) is 6.06.